The van der Waals surface area contributed by atoms with Crippen molar-refractivity contribution in [3.05, 3.63) is 52.5 Å². The van der Waals surface area contributed by atoms with E-state index in [4.69, 9.17) is 21.1 Å². The first-order valence-corrected chi connectivity index (χ1v) is 8.87. The minimum Gasteiger partial charge on any atom is -0.496 e. The summed E-state index contributed by atoms with van der Waals surface area (Å²) < 4.78 is 11.0. The van der Waals surface area contributed by atoms with Gasteiger partial charge in [-0.1, -0.05) is 17.7 Å². The molecule has 2 heterocycles. The zero-order valence-electron chi connectivity index (χ0n) is 14.4. The number of methoxy groups -OCH3 is 1. The standard InChI is InChI=1S/C20H19ClN2O3/c1-25-19-12-15(23-6-8-26-9-7-23)4-2-13(19)10-17-16-5-3-14(21)11-18(16)22-20(17)24/h2-5,10-12H,6-9H2,1H3,(H,22,24)/b17-10-. The maximum atomic E-state index is 12.4. The van der Waals surface area contributed by atoms with Crippen molar-refractivity contribution in [1.82, 2.24) is 0 Å². The van der Waals surface area contributed by atoms with Gasteiger partial charge < -0.3 is 19.7 Å². The number of fused-ring (bicyclic) bond motifs is 1. The summed E-state index contributed by atoms with van der Waals surface area (Å²) in [5.74, 6) is 0.596. The van der Waals surface area contributed by atoms with Gasteiger partial charge in [0.15, 0.2) is 0 Å². The summed E-state index contributed by atoms with van der Waals surface area (Å²) in [7, 11) is 1.64. The van der Waals surface area contributed by atoms with E-state index in [9.17, 15) is 4.79 Å². The molecular weight excluding hydrogens is 352 g/mol. The normalized spacial score (nSPS) is 18.0. The van der Waals surface area contributed by atoms with Crippen molar-refractivity contribution >= 4 is 40.5 Å². The molecule has 0 aliphatic carbocycles. The molecule has 0 bridgehead atoms. The SMILES string of the molecule is COc1cc(N2CCOCC2)ccc1/C=C1\C(=O)Nc2cc(Cl)ccc21. The van der Waals surface area contributed by atoms with Crippen molar-refractivity contribution in [1.29, 1.82) is 0 Å². The van der Waals surface area contributed by atoms with Crippen LogP contribution in [0.5, 0.6) is 5.75 Å². The van der Waals surface area contributed by atoms with Gasteiger partial charge in [-0.05, 0) is 30.3 Å². The Balaban J connectivity index is 1.70. The number of morpholine rings is 1. The molecular formula is C20H19ClN2O3. The van der Waals surface area contributed by atoms with Gasteiger partial charge in [-0.25, -0.2) is 0 Å². The van der Waals surface area contributed by atoms with Crippen molar-refractivity contribution in [2.45, 2.75) is 0 Å². The van der Waals surface area contributed by atoms with E-state index >= 15 is 0 Å². The highest BCUT2D eigenvalue weighted by Gasteiger charge is 2.24. The average Bonchev–Trinajstić information content (AvgIpc) is 2.97. The van der Waals surface area contributed by atoms with Crippen LogP contribution >= 0.6 is 11.6 Å². The van der Waals surface area contributed by atoms with E-state index in [1.54, 1.807) is 19.2 Å². The molecule has 0 spiro atoms. The summed E-state index contributed by atoms with van der Waals surface area (Å²) in [5, 5.41) is 3.45. The number of carbonyl (C=O) groups is 1. The number of nitrogens with one attached hydrogen (secondary N) is 1. The third-order valence-corrected chi connectivity index (χ3v) is 4.89. The number of benzene rings is 2. The van der Waals surface area contributed by atoms with Crippen LogP contribution in [0, 0.1) is 0 Å². The van der Waals surface area contributed by atoms with Crippen LogP contribution < -0.4 is 15.0 Å². The lowest BCUT2D eigenvalue weighted by Crippen LogP contribution is -2.36. The first-order valence-electron chi connectivity index (χ1n) is 8.49. The number of ether oxygens (including phenoxy) is 2. The zero-order valence-corrected chi connectivity index (χ0v) is 15.2. The fraction of sp³-hybridized carbons (Fsp3) is 0.250. The van der Waals surface area contributed by atoms with Crippen molar-refractivity contribution in [2.75, 3.05) is 43.6 Å². The number of halogens is 1. The second kappa shape index (κ2) is 7.02. The van der Waals surface area contributed by atoms with Crippen LogP contribution in [0.4, 0.5) is 11.4 Å². The summed E-state index contributed by atoms with van der Waals surface area (Å²) in [5.41, 5.74) is 4.14. The third kappa shape index (κ3) is 3.16. The van der Waals surface area contributed by atoms with Crippen LogP contribution in [0.25, 0.3) is 11.6 Å². The van der Waals surface area contributed by atoms with Crippen LogP contribution in [-0.4, -0.2) is 39.3 Å². The Morgan fingerprint density at radius 3 is 2.77 bits per heavy atom. The lowest BCUT2D eigenvalue weighted by molar-refractivity contribution is -0.110. The number of carbonyl (C=O) groups excluding carboxylic acids is 1. The highest BCUT2D eigenvalue weighted by molar-refractivity contribution is 6.36. The fourth-order valence-corrected chi connectivity index (χ4v) is 3.47. The van der Waals surface area contributed by atoms with Crippen LogP contribution in [-0.2, 0) is 9.53 Å². The van der Waals surface area contributed by atoms with E-state index in [2.05, 4.69) is 16.3 Å². The van der Waals surface area contributed by atoms with Gasteiger partial charge in [-0.2, -0.15) is 0 Å². The van der Waals surface area contributed by atoms with E-state index < -0.39 is 0 Å². The maximum absolute atomic E-state index is 12.4. The highest BCUT2D eigenvalue weighted by atomic mass is 35.5. The highest BCUT2D eigenvalue weighted by Crippen LogP contribution is 2.37. The molecule has 4 rings (SSSR count). The Morgan fingerprint density at radius 1 is 1.19 bits per heavy atom. The second-order valence-electron chi connectivity index (χ2n) is 6.23. The average molecular weight is 371 g/mol. The van der Waals surface area contributed by atoms with E-state index in [1.807, 2.05) is 24.3 Å². The molecule has 1 amide bonds. The Bertz CT molecular complexity index is 889. The molecule has 2 aliphatic rings. The number of hydrogen-bond donors (Lipinski definition) is 1. The molecule has 1 N–H and O–H groups in total. The van der Waals surface area contributed by atoms with E-state index in [-0.39, 0.29) is 5.91 Å². The quantitative estimate of drug-likeness (QED) is 0.837. The molecule has 0 saturated carbocycles. The van der Waals surface area contributed by atoms with Gasteiger partial charge in [0, 0.05) is 46.6 Å². The zero-order chi connectivity index (χ0) is 18.1. The Morgan fingerprint density at radius 2 is 2.00 bits per heavy atom. The van der Waals surface area contributed by atoms with Gasteiger partial charge in [0.25, 0.3) is 5.91 Å². The number of nitrogens with zero attached hydrogens (tertiary/aromatic N) is 1. The summed E-state index contributed by atoms with van der Waals surface area (Å²) in [6, 6.07) is 11.4. The monoisotopic (exact) mass is 370 g/mol. The summed E-state index contributed by atoms with van der Waals surface area (Å²) in [6.07, 6.45) is 1.86. The van der Waals surface area contributed by atoms with Gasteiger partial charge in [0.1, 0.15) is 5.75 Å². The molecule has 0 radical (unpaired) electrons. The largest absolute Gasteiger partial charge is 0.496 e. The summed E-state index contributed by atoms with van der Waals surface area (Å²) >= 11 is 6.01. The van der Waals surface area contributed by atoms with Crippen LogP contribution in [0.3, 0.4) is 0 Å². The minimum atomic E-state index is -0.137. The lowest BCUT2D eigenvalue weighted by atomic mass is 10.0. The molecule has 6 heteroatoms. The van der Waals surface area contributed by atoms with Gasteiger partial charge in [0.05, 0.1) is 26.0 Å². The maximum Gasteiger partial charge on any atom is 0.256 e. The smallest absolute Gasteiger partial charge is 0.256 e. The number of rotatable bonds is 3. The summed E-state index contributed by atoms with van der Waals surface area (Å²) in [6.45, 7) is 3.18. The molecule has 5 nitrogen and oxygen atoms in total. The molecule has 2 aliphatic heterocycles. The number of amides is 1. The van der Waals surface area contributed by atoms with Crippen molar-refractivity contribution in [3.63, 3.8) is 0 Å². The first kappa shape index (κ1) is 16.9. The molecule has 2 aromatic carbocycles. The molecule has 0 unspecified atom stereocenters. The van der Waals surface area contributed by atoms with Crippen LogP contribution in [0.15, 0.2) is 36.4 Å². The Labute approximate surface area is 157 Å². The van der Waals surface area contributed by atoms with Gasteiger partial charge in [-0.3, -0.25) is 4.79 Å². The van der Waals surface area contributed by atoms with Crippen LogP contribution in [0.1, 0.15) is 11.1 Å². The van der Waals surface area contributed by atoms with E-state index in [0.29, 0.717) is 10.6 Å². The Hall–Kier alpha value is -2.50. The van der Waals surface area contributed by atoms with Gasteiger partial charge >= 0.3 is 0 Å². The lowest BCUT2D eigenvalue weighted by Gasteiger charge is -2.29. The molecule has 1 fully saturated rings. The van der Waals surface area contributed by atoms with E-state index in [0.717, 1.165) is 54.6 Å². The molecule has 0 atom stereocenters. The number of hydrogen-bond acceptors (Lipinski definition) is 4. The van der Waals surface area contributed by atoms with Crippen LogP contribution in [0.2, 0.25) is 5.02 Å². The van der Waals surface area contributed by atoms with Crippen molar-refractivity contribution in [3.8, 4) is 5.75 Å². The topological polar surface area (TPSA) is 50.8 Å². The van der Waals surface area contributed by atoms with Gasteiger partial charge in [0.2, 0.25) is 0 Å². The van der Waals surface area contributed by atoms with Crippen molar-refractivity contribution < 1.29 is 14.3 Å². The first-order chi connectivity index (χ1) is 12.7. The van der Waals surface area contributed by atoms with Crippen molar-refractivity contribution in [2.24, 2.45) is 0 Å². The number of anilines is 2. The minimum absolute atomic E-state index is 0.137. The third-order valence-electron chi connectivity index (χ3n) is 4.66. The molecule has 26 heavy (non-hydrogen) atoms. The molecule has 134 valence electrons. The van der Waals surface area contributed by atoms with Gasteiger partial charge in [-0.15, -0.1) is 0 Å². The second-order valence-corrected chi connectivity index (χ2v) is 6.66. The van der Waals surface area contributed by atoms with E-state index in [1.165, 1.54) is 0 Å². The molecule has 2 aromatic rings. The molecule has 0 aromatic heterocycles. The predicted molar refractivity (Wildman–Crippen MR) is 104 cm³/mol. The molecule has 1 saturated heterocycles. The summed E-state index contributed by atoms with van der Waals surface area (Å²) in [4.78, 5) is 14.6. The fourth-order valence-electron chi connectivity index (χ4n) is 3.30. The Kier molecular flexibility index (Phi) is 4.57. The predicted octanol–water partition coefficient (Wildman–Crippen LogP) is 3.68.